The number of hydrogen-bond acceptors (Lipinski definition) is 3. The fourth-order valence-electron chi connectivity index (χ4n) is 6.97. The highest BCUT2D eigenvalue weighted by atomic mass is 79.9. The number of aliphatic hydroxyl groups is 2. The summed E-state index contributed by atoms with van der Waals surface area (Å²) in [5, 5.41) is 20.2. The summed E-state index contributed by atoms with van der Waals surface area (Å²) >= 11 is 3.63. The van der Waals surface area contributed by atoms with Gasteiger partial charge in [-0.25, -0.2) is 0 Å². The van der Waals surface area contributed by atoms with Crippen LogP contribution in [0.25, 0.3) is 0 Å². The summed E-state index contributed by atoms with van der Waals surface area (Å²) in [5.41, 5.74) is 0.109. The van der Waals surface area contributed by atoms with Crippen molar-refractivity contribution in [1.29, 1.82) is 0 Å². The first-order chi connectivity index (χ1) is 10.7. The molecule has 0 bridgehead atoms. The Morgan fingerprint density at radius 1 is 1.04 bits per heavy atom. The molecule has 0 spiro atoms. The van der Waals surface area contributed by atoms with Crippen molar-refractivity contribution in [2.75, 3.05) is 0 Å². The lowest BCUT2D eigenvalue weighted by Gasteiger charge is -2.60. The van der Waals surface area contributed by atoms with Crippen LogP contribution in [0.15, 0.2) is 0 Å². The smallest absolute Gasteiger partial charge is 0.162 e. The molecule has 0 saturated heterocycles. The first-order valence-corrected chi connectivity index (χ1v) is 10.2. The highest BCUT2D eigenvalue weighted by Gasteiger charge is 2.62. The summed E-state index contributed by atoms with van der Waals surface area (Å²) in [5.74, 6) is 1.22. The number of Topliss-reactive ketones (excluding diaryl/α,β-unsaturated/α-hetero) is 1. The molecule has 3 nitrogen and oxygen atoms in total. The predicted molar refractivity (Wildman–Crippen MR) is 92.0 cm³/mol. The minimum atomic E-state index is -1.45. The molecule has 4 aliphatic carbocycles. The van der Waals surface area contributed by atoms with Crippen LogP contribution in [0.5, 0.6) is 0 Å². The van der Waals surface area contributed by atoms with E-state index in [1.54, 1.807) is 0 Å². The van der Waals surface area contributed by atoms with Crippen LogP contribution in [0.4, 0.5) is 0 Å². The Morgan fingerprint density at radius 3 is 2.52 bits per heavy atom. The normalized spacial score (nSPS) is 55.0. The highest BCUT2D eigenvalue weighted by Crippen LogP contribution is 2.66. The SMILES string of the molecule is C[C@]12CCC(O)(O)CC1CC[C@@H]1[C@@H]2CC[C@]2(C)C(=O)[C@H](Br)C[C@@H]12. The van der Waals surface area contributed by atoms with E-state index in [0.29, 0.717) is 42.3 Å². The van der Waals surface area contributed by atoms with Gasteiger partial charge in [0, 0.05) is 18.3 Å². The number of carbonyl (C=O) groups is 1. The molecule has 0 aromatic heterocycles. The zero-order valence-electron chi connectivity index (χ0n) is 14.2. The van der Waals surface area contributed by atoms with E-state index in [1.807, 2.05) is 0 Å². The van der Waals surface area contributed by atoms with E-state index in [9.17, 15) is 15.0 Å². The molecule has 130 valence electrons. The van der Waals surface area contributed by atoms with Gasteiger partial charge in [0.1, 0.15) is 0 Å². The Labute approximate surface area is 147 Å². The molecule has 4 rings (SSSR count). The van der Waals surface area contributed by atoms with Crippen LogP contribution in [0.3, 0.4) is 0 Å². The molecule has 4 saturated carbocycles. The van der Waals surface area contributed by atoms with Gasteiger partial charge in [0.25, 0.3) is 0 Å². The van der Waals surface area contributed by atoms with Crippen LogP contribution in [-0.4, -0.2) is 26.6 Å². The van der Waals surface area contributed by atoms with E-state index < -0.39 is 5.79 Å². The van der Waals surface area contributed by atoms with Crippen molar-refractivity contribution >= 4 is 21.7 Å². The van der Waals surface area contributed by atoms with Gasteiger partial charge in [0.2, 0.25) is 0 Å². The standard InChI is InChI=1S/C19H29BrO3/c1-17-7-8-19(22,23)10-11(17)3-4-12-13(17)5-6-18(2)14(12)9-15(20)16(18)21/h11-15,22-23H,3-10H2,1-2H3/t11?,12-,13+,14+,15-,17+,18+/m1/s1. The number of carbonyl (C=O) groups excluding carboxylic acids is 1. The maximum atomic E-state index is 12.7. The van der Waals surface area contributed by atoms with Crippen molar-refractivity contribution in [2.24, 2.45) is 34.5 Å². The maximum Gasteiger partial charge on any atom is 0.162 e. The minimum Gasteiger partial charge on any atom is -0.366 e. The molecular weight excluding hydrogens is 356 g/mol. The second kappa shape index (κ2) is 5.04. The lowest BCUT2D eigenvalue weighted by Crippen LogP contribution is -2.56. The van der Waals surface area contributed by atoms with Crippen LogP contribution in [0, 0.1) is 34.5 Å². The molecular formula is C19H29BrO3. The lowest BCUT2D eigenvalue weighted by atomic mass is 9.45. The van der Waals surface area contributed by atoms with Gasteiger partial charge in [-0.05, 0) is 67.6 Å². The van der Waals surface area contributed by atoms with Gasteiger partial charge in [-0.1, -0.05) is 29.8 Å². The molecule has 0 heterocycles. The van der Waals surface area contributed by atoms with Crippen LogP contribution in [0.2, 0.25) is 0 Å². The molecule has 0 amide bonds. The van der Waals surface area contributed by atoms with E-state index in [-0.39, 0.29) is 15.7 Å². The van der Waals surface area contributed by atoms with Crippen molar-refractivity contribution in [2.45, 2.75) is 75.8 Å². The molecule has 4 heteroatoms. The van der Waals surface area contributed by atoms with Crippen molar-refractivity contribution in [3.05, 3.63) is 0 Å². The Balaban J connectivity index is 1.64. The fourth-order valence-corrected chi connectivity index (χ4v) is 7.90. The number of rotatable bonds is 0. The third kappa shape index (κ3) is 2.23. The van der Waals surface area contributed by atoms with Gasteiger partial charge < -0.3 is 10.2 Å². The molecule has 0 aromatic rings. The summed E-state index contributed by atoms with van der Waals surface area (Å²) < 4.78 is 0. The van der Waals surface area contributed by atoms with Crippen LogP contribution >= 0.6 is 15.9 Å². The quantitative estimate of drug-likeness (QED) is 0.494. The summed E-state index contributed by atoms with van der Waals surface area (Å²) in [6, 6.07) is 0. The van der Waals surface area contributed by atoms with Crippen molar-refractivity contribution in [1.82, 2.24) is 0 Å². The Hall–Kier alpha value is 0.0700. The first-order valence-electron chi connectivity index (χ1n) is 9.30. The number of alkyl halides is 1. The average Bonchev–Trinajstić information content (AvgIpc) is 2.71. The lowest BCUT2D eigenvalue weighted by molar-refractivity contribution is -0.232. The molecule has 7 atom stereocenters. The van der Waals surface area contributed by atoms with E-state index in [0.717, 1.165) is 38.5 Å². The Morgan fingerprint density at radius 2 is 1.78 bits per heavy atom. The monoisotopic (exact) mass is 384 g/mol. The maximum absolute atomic E-state index is 12.7. The van der Waals surface area contributed by atoms with Crippen molar-refractivity contribution in [3.63, 3.8) is 0 Å². The Kier molecular flexibility index (Phi) is 3.63. The van der Waals surface area contributed by atoms with Gasteiger partial charge in [0.15, 0.2) is 11.6 Å². The number of ketones is 1. The molecule has 0 aliphatic heterocycles. The van der Waals surface area contributed by atoms with E-state index >= 15 is 0 Å². The van der Waals surface area contributed by atoms with Gasteiger partial charge in [-0.15, -0.1) is 0 Å². The summed E-state index contributed by atoms with van der Waals surface area (Å²) in [6.07, 6.45) is 7.37. The van der Waals surface area contributed by atoms with Gasteiger partial charge in [0.05, 0.1) is 4.83 Å². The molecule has 4 fully saturated rings. The van der Waals surface area contributed by atoms with E-state index in [1.165, 1.54) is 0 Å². The Bertz CT molecular complexity index is 533. The minimum absolute atomic E-state index is 0.0515. The van der Waals surface area contributed by atoms with Gasteiger partial charge in [-0.3, -0.25) is 4.79 Å². The van der Waals surface area contributed by atoms with Crippen LogP contribution in [-0.2, 0) is 4.79 Å². The summed E-state index contributed by atoms with van der Waals surface area (Å²) in [6.45, 7) is 4.61. The molecule has 0 radical (unpaired) electrons. The van der Waals surface area contributed by atoms with Gasteiger partial charge >= 0.3 is 0 Å². The second-order valence-corrected chi connectivity index (χ2v) is 10.5. The number of fused-ring (bicyclic) bond motifs is 5. The van der Waals surface area contributed by atoms with Crippen molar-refractivity contribution in [3.8, 4) is 0 Å². The third-order valence-corrected chi connectivity index (χ3v) is 9.19. The highest BCUT2D eigenvalue weighted by molar-refractivity contribution is 9.10. The van der Waals surface area contributed by atoms with Crippen molar-refractivity contribution < 1.29 is 15.0 Å². The zero-order chi connectivity index (χ0) is 16.6. The molecule has 1 unspecified atom stereocenters. The second-order valence-electron chi connectivity index (χ2n) is 9.37. The predicted octanol–water partition coefficient (Wildman–Crippen LogP) is 3.65. The fraction of sp³-hybridized carbons (Fsp3) is 0.947. The van der Waals surface area contributed by atoms with E-state index in [2.05, 4.69) is 29.8 Å². The molecule has 4 aliphatic rings. The summed E-state index contributed by atoms with van der Waals surface area (Å²) in [4.78, 5) is 12.7. The summed E-state index contributed by atoms with van der Waals surface area (Å²) in [7, 11) is 0. The topological polar surface area (TPSA) is 57.5 Å². The molecule has 0 aromatic carbocycles. The molecule has 2 N–H and O–H groups in total. The average molecular weight is 385 g/mol. The van der Waals surface area contributed by atoms with Crippen LogP contribution < -0.4 is 0 Å². The largest absolute Gasteiger partial charge is 0.366 e. The van der Waals surface area contributed by atoms with Crippen LogP contribution in [0.1, 0.15) is 65.2 Å². The van der Waals surface area contributed by atoms with Gasteiger partial charge in [-0.2, -0.15) is 0 Å². The first kappa shape index (κ1) is 16.5. The number of hydrogen-bond donors (Lipinski definition) is 2. The number of halogens is 1. The zero-order valence-corrected chi connectivity index (χ0v) is 15.8. The van der Waals surface area contributed by atoms with E-state index in [4.69, 9.17) is 0 Å². The third-order valence-electron chi connectivity index (χ3n) is 8.40. The molecule has 23 heavy (non-hydrogen) atoms.